The maximum atomic E-state index is 12.0. The van der Waals surface area contributed by atoms with Crippen molar-refractivity contribution in [3.63, 3.8) is 0 Å². The molecule has 0 radical (unpaired) electrons. The van der Waals surface area contributed by atoms with Crippen molar-refractivity contribution in [2.45, 2.75) is 13.3 Å². The van der Waals surface area contributed by atoms with Gasteiger partial charge in [-0.3, -0.25) is 4.72 Å². The highest BCUT2D eigenvalue weighted by molar-refractivity contribution is 9.10. The molecule has 2 aromatic carbocycles. The number of hydrogen-bond donors (Lipinski definition) is 1. The number of rotatable bonds is 7. The zero-order chi connectivity index (χ0) is 16.0. The largest absolute Gasteiger partial charge is 0.492 e. The number of hydrogen-bond acceptors (Lipinski definition) is 3. The molecule has 0 unspecified atom stereocenters. The van der Waals surface area contributed by atoms with Crippen LogP contribution >= 0.6 is 15.9 Å². The van der Waals surface area contributed by atoms with Crippen LogP contribution in [-0.2, 0) is 16.4 Å². The molecule has 2 rings (SSSR count). The van der Waals surface area contributed by atoms with Crippen LogP contribution in [0.3, 0.4) is 0 Å². The summed E-state index contributed by atoms with van der Waals surface area (Å²) >= 11 is 3.31. The summed E-state index contributed by atoms with van der Waals surface area (Å²) in [6.45, 7) is 2.19. The van der Waals surface area contributed by atoms with Crippen LogP contribution in [0.15, 0.2) is 53.0 Å². The Kier molecular flexibility index (Phi) is 5.85. The van der Waals surface area contributed by atoms with Crippen LogP contribution in [0.2, 0.25) is 0 Å². The van der Waals surface area contributed by atoms with E-state index in [2.05, 4.69) is 27.6 Å². The number of sulfonamides is 1. The molecule has 118 valence electrons. The van der Waals surface area contributed by atoms with E-state index in [-0.39, 0.29) is 12.4 Å². The third-order valence-electron chi connectivity index (χ3n) is 3.07. The van der Waals surface area contributed by atoms with Crippen LogP contribution in [0.1, 0.15) is 12.5 Å². The molecule has 2 aromatic rings. The van der Waals surface area contributed by atoms with Gasteiger partial charge in [-0.05, 0) is 48.4 Å². The summed E-state index contributed by atoms with van der Waals surface area (Å²) in [6, 6.07) is 14.6. The molecule has 0 fully saturated rings. The average Bonchev–Trinajstić information content (AvgIpc) is 2.50. The zero-order valence-electron chi connectivity index (χ0n) is 12.3. The first-order chi connectivity index (χ1) is 10.5. The van der Waals surface area contributed by atoms with Gasteiger partial charge in [0.2, 0.25) is 10.0 Å². The fraction of sp³-hybridized carbons (Fsp3) is 0.250. The fourth-order valence-corrected chi connectivity index (χ4v) is 3.00. The Morgan fingerprint density at radius 1 is 1.05 bits per heavy atom. The summed E-state index contributed by atoms with van der Waals surface area (Å²) in [5.74, 6) is 0.578. The number of aryl methyl sites for hydroxylation is 1. The van der Waals surface area contributed by atoms with Gasteiger partial charge in [0.1, 0.15) is 18.1 Å². The van der Waals surface area contributed by atoms with Gasteiger partial charge >= 0.3 is 0 Å². The van der Waals surface area contributed by atoms with E-state index in [0.717, 1.165) is 10.9 Å². The molecule has 0 bridgehead atoms. The molecule has 0 aliphatic carbocycles. The van der Waals surface area contributed by atoms with Gasteiger partial charge in [-0.1, -0.05) is 35.0 Å². The van der Waals surface area contributed by atoms with Gasteiger partial charge in [0, 0.05) is 10.2 Å². The Morgan fingerprint density at radius 2 is 1.68 bits per heavy atom. The first-order valence-corrected chi connectivity index (χ1v) is 9.41. The van der Waals surface area contributed by atoms with Crippen molar-refractivity contribution in [1.29, 1.82) is 0 Å². The number of benzene rings is 2. The van der Waals surface area contributed by atoms with Gasteiger partial charge in [-0.25, -0.2) is 8.42 Å². The highest BCUT2D eigenvalue weighted by Crippen LogP contribution is 2.16. The van der Waals surface area contributed by atoms with Crippen molar-refractivity contribution in [2.75, 3.05) is 17.1 Å². The Morgan fingerprint density at radius 3 is 2.27 bits per heavy atom. The minimum atomic E-state index is -3.42. The van der Waals surface area contributed by atoms with Crippen molar-refractivity contribution in [3.05, 3.63) is 58.6 Å². The van der Waals surface area contributed by atoms with Crippen molar-refractivity contribution in [2.24, 2.45) is 0 Å². The van der Waals surface area contributed by atoms with Gasteiger partial charge in [0.15, 0.2) is 0 Å². The van der Waals surface area contributed by atoms with Crippen molar-refractivity contribution in [1.82, 2.24) is 0 Å². The molecular weight excluding hydrogens is 366 g/mol. The lowest BCUT2D eigenvalue weighted by molar-refractivity contribution is 0.341. The quantitative estimate of drug-likeness (QED) is 0.790. The van der Waals surface area contributed by atoms with Gasteiger partial charge in [-0.2, -0.15) is 0 Å². The molecule has 1 N–H and O–H groups in total. The number of ether oxygens (including phenoxy) is 1. The van der Waals surface area contributed by atoms with E-state index in [1.54, 1.807) is 24.3 Å². The van der Waals surface area contributed by atoms with E-state index >= 15 is 0 Å². The SMILES string of the molecule is CCc1ccc(OCCS(=O)(=O)Nc2ccc(Br)cc2)cc1. The lowest BCUT2D eigenvalue weighted by Crippen LogP contribution is -2.21. The van der Waals surface area contributed by atoms with Crippen LogP contribution in [0.5, 0.6) is 5.75 Å². The Bertz CT molecular complexity index is 697. The smallest absolute Gasteiger partial charge is 0.236 e. The van der Waals surface area contributed by atoms with Crippen LogP contribution in [-0.4, -0.2) is 20.8 Å². The van der Waals surface area contributed by atoms with E-state index in [1.807, 2.05) is 24.3 Å². The molecule has 0 saturated heterocycles. The van der Waals surface area contributed by atoms with Gasteiger partial charge in [0.05, 0.1) is 0 Å². The maximum absolute atomic E-state index is 12.0. The molecule has 0 spiro atoms. The number of nitrogens with one attached hydrogen (secondary N) is 1. The minimum Gasteiger partial charge on any atom is -0.492 e. The molecule has 0 amide bonds. The Labute approximate surface area is 139 Å². The summed E-state index contributed by atoms with van der Waals surface area (Å²) in [5.41, 5.74) is 1.76. The van der Waals surface area contributed by atoms with Crippen molar-refractivity contribution >= 4 is 31.6 Å². The van der Waals surface area contributed by atoms with Crippen molar-refractivity contribution < 1.29 is 13.2 Å². The van der Waals surface area contributed by atoms with E-state index in [4.69, 9.17) is 4.74 Å². The molecular formula is C16H18BrNO3S. The first-order valence-electron chi connectivity index (χ1n) is 6.96. The first kappa shape index (κ1) is 16.8. The predicted molar refractivity (Wildman–Crippen MR) is 92.9 cm³/mol. The molecule has 0 aliphatic heterocycles. The van der Waals surface area contributed by atoms with E-state index < -0.39 is 10.0 Å². The predicted octanol–water partition coefficient (Wildman–Crippen LogP) is 3.83. The summed E-state index contributed by atoms with van der Waals surface area (Å²) in [6.07, 6.45) is 0.964. The molecule has 0 aliphatic rings. The lowest BCUT2D eigenvalue weighted by atomic mass is 10.2. The second kappa shape index (κ2) is 7.65. The minimum absolute atomic E-state index is 0.0986. The third kappa shape index (κ3) is 5.35. The van der Waals surface area contributed by atoms with Crippen LogP contribution in [0.4, 0.5) is 5.69 Å². The maximum Gasteiger partial charge on any atom is 0.236 e. The lowest BCUT2D eigenvalue weighted by Gasteiger charge is -2.10. The standard InChI is InChI=1S/C16H18BrNO3S/c1-2-13-3-9-16(10-4-13)21-11-12-22(19,20)18-15-7-5-14(17)6-8-15/h3-10,18H,2,11-12H2,1H3. The molecule has 4 nitrogen and oxygen atoms in total. The second-order valence-electron chi connectivity index (χ2n) is 4.77. The number of anilines is 1. The number of halogens is 1. The summed E-state index contributed by atoms with van der Waals surface area (Å²) in [5, 5.41) is 0. The molecule has 0 heterocycles. The topological polar surface area (TPSA) is 55.4 Å². The Balaban J connectivity index is 1.85. The Hall–Kier alpha value is -1.53. The summed E-state index contributed by atoms with van der Waals surface area (Å²) in [4.78, 5) is 0. The summed E-state index contributed by atoms with van der Waals surface area (Å²) in [7, 11) is -3.42. The molecule has 0 atom stereocenters. The van der Waals surface area contributed by atoms with Crippen LogP contribution < -0.4 is 9.46 Å². The van der Waals surface area contributed by atoms with E-state index in [9.17, 15) is 8.42 Å². The van der Waals surface area contributed by atoms with E-state index in [1.165, 1.54) is 5.56 Å². The highest BCUT2D eigenvalue weighted by Gasteiger charge is 2.10. The van der Waals surface area contributed by atoms with Gasteiger partial charge < -0.3 is 4.74 Å². The van der Waals surface area contributed by atoms with Crippen LogP contribution in [0.25, 0.3) is 0 Å². The zero-order valence-corrected chi connectivity index (χ0v) is 14.7. The third-order valence-corrected chi connectivity index (χ3v) is 4.85. The fourth-order valence-electron chi connectivity index (χ4n) is 1.84. The molecule has 0 saturated carbocycles. The van der Waals surface area contributed by atoms with Crippen molar-refractivity contribution in [3.8, 4) is 5.75 Å². The normalized spacial score (nSPS) is 11.2. The van der Waals surface area contributed by atoms with Crippen LogP contribution in [0, 0.1) is 0 Å². The van der Waals surface area contributed by atoms with Gasteiger partial charge in [-0.15, -0.1) is 0 Å². The summed E-state index contributed by atoms with van der Waals surface area (Å²) < 4.78 is 32.8. The molecule has 6 heteroatoms. The molecule has 0 aromatic heterocycles. The van der Waals surface area contributed by atoms with Gasteiger partial charge in [0.25, 0.3) is 0 Å². The molecule has 22 heavy (non-hydrogen) atoms. The highest BCUT2D eigenvalue weighted by atomic mass is 79.9. The monoisotopic (exact) mass is 383 g/mol. The average molecular weight is 384 g/mol. The van der Waals surface area contributed by atoms with E-state index in [0.29, 0.717) is 11.4 Å². The second-order valence-corrected chi connectivity index (χ2v) is 7.53.